The number of hydrogen-bond acceptors (Lipinski definition) is 4. The van der Waals surface area contributed by atoms with Crippen LogP contribution in [-0.4, -0.2) is 57.0 Å². The number of amides is 2. The first-order valence-electron chi connectivity index (χ1n) is 9.60. The highest BCUT2D eigenvalue weighted by atomic mass is 16.3. The Balaban J connectivity index is 1.58. The molecule has 4 rings (SSSR count). The number of nitrogens with one attached hydrogen (secondary N) is 2. The van der Waals surface area contributed by atoms with Crippen molar-refractivity contribution in [3.8, 4) is 0 Å². The summed E-state index contributed by atoms with van der Waals surface area (Å²) in [6, 6.07) is 8.83. The van der Waals surface area contributed by atoms with Crippen molar-refractivity contribution in [3.05, 3.63) is 41.7 Å². The predicted molar refractivity (Wildman–Crippen MR) is 107 cm³/mol. The summed E-state index contributed by atoms with van der Waals surface area (Å²) in [5.41, 5.74) is 2.92. The second-order valence-electron chi connectivity index (χ2n) is 7.39. The second-order valence-corrected chi connectivity index (χ2v) is 7.39. The average molecular weight is 380 g/mol. The molecule has 2 atom stereocenters. The number of carbonyl (C=O) groups is 2. The topological polar surface area (TPSA) is 98.3 Å². The Hall–Kier alpha value is -2.93. The van der Waals surface area contributed by atoms with Crippen molar-refractivity contribution in [3.63, 3.8) is 0 Å². The van der Waals surface area contributed by atoms with E-state index in [0.29, 0.717) is 6.54 Å². The van der Waals surface area contributed by atoms with Crippen LogP contribution in [0.1, 0.15) is 35.9 Å². The van der Waals surface area contributed by atoms with E-state index in [-0.39, 0.29) is 30.2 Å². The minimum atomic E-state index is -0.680. The first-order chi connectivity index (χ1) is 13.5. The van der Waals surface area contributed by atoms with Crippen LogP contribution in [0.5, 0.6) is 0 Å². The summed E-state index contributed by atoms with van der Waals surface area (Å²) < 4.78 is 0. The van der Waals surface area contributed by atoms with Gasteiger partial charge in [-0.05, 0) is 38.8 Å². The number of H-pyrrole nitrogens is 1. The number of para-hydroxylation sites is 1. The van der Waals surface area contributed by atoms with Gasteiger partial charge in [0.15, 0.2) is 0 Å². The van der Waals surface area contributed by atoms with Crippen LogP contribution in [0.15, 0.2) is 30.3 Å². The van der Waals surface area contributed by atoms with Crippen LogP contribution in [0, 0.1) is 6.92 Å². The fourth-order valence-corrected chi connectivity index (χ4v) is 4.02. The second kappa shape index (κ2) is 7.24. The molecule has 0 spiro atoms. The van der Waals surface area contributed by atoms with E-state index < -0.39 is 6.04 Å². The summed E-state index contributed by atoms with van der Waals surface area (Å²) in [6.45, 7) is 4.09. The number of carbonyl (C=O) groups excluding carboxylic acids is 2. The van der Waals surface area contributed by atoms with Crippen molar-refractivity contribution in [1.29, 1.82) is 0 Å². The predicted octanol–water partition coefficient (Wildman–Crippen LogP) is 2.13. The molecule has 1 saturated heterocycles. The first kappa shape index (κ1) is 18.4. The van der Waals surface area contributed by atoms with Crippen LogP contribution in [0.25, 0.3) is 21.8 Å². The van der Waals surface area contributed by atoms with Gasteiger partial charge in [0.05, 0.1) is 23.9 Å². The Kier molecular flexibility index (Phi) is 4.77. The van der Waals surface area contributed by atoms with E-state index in [4.69, 9.17) is 0 Å². The average Bonchev–Trinajstić information content (AvgIpc) is 3.32. The Labute approximate surface area is 162 Å². The lowest BCUT2D eigenvalue weighted by atomic mass is 10.1. The number of pyridine rings is 1. The van der Waals surface area contributed by atoms with Crippen molar-refractivity contribution in [2.45, 2.75) is 38.8 Å². The zero-order valence-corrected chi connectivity index (χ0v) is 16.0. The molecule has 28 heavy (non-hydrogen) atoms. The zero-order valence-electron chi connectivity index (χ0n) is 16.0. The molecular formula is C21H24N4O3. The number of nitrogens with zero attached hydrogens (tertiary/aromatic N) is 2. The van der Waals surface area contributed by atoms with E-state index in [9.17, 15) is 14.7 Å². The van der Waals surface area contributed by atoms with Gasteiger partial charge in [-0.25, -0.2) is 4.98 Å². The normalized spacial score (nSPS) is 18.0. The molecule has 146 valence electrons. The van der Waals surface area contributed by atoms with Crippen molar-refractivity contribution >= 4 is 33.6 Å². The van der Waals surface area contributed by atoms with E-state index in [2.05, 4.69) is 15.3 Å². The molecule has 0 saturated carbocycles. The van der Waals surface area contributed by atoms with E-state index in [1.165, 1.54) is 0 Å². The number of aryl methyl sites for hydroxylation is 1. The number of fused-ring (bicyclic) bond motifs is 3. The smallest absolute Gasteiger partial charge is 0.270 e. The fourth-order valence-electron chi connectivity index (χ4n) is 4.02. The molecule has 7 nitrogen and oxygen atoms in total. The molecule has 2 aromatic heterocycles. The van der Waals surface area contributed by atoms with Crippen molar-refractivity contribution in [2.75, 3.05) is 13.2 Å². The van der Waals surface area contributed by atoms with Gasteiger partial charge in [-0.15, -0.1) is 0 Å². The molecule has 1 aliphatic heterocycles. The van der Waals surface area contributed by atoms with Gasteiger partial charge in [0.1, 0.15) is 11.7 Å². The summed E-state index contributed by atoms with van der Waals surface area (Å²) in [5, 5.41) is 14.2. The first-order valence-corrected chi connectivity index (χ1v) is 9.60. The molecule has 0 bridgehead atoms. The molecule has 2 unspecified atom stereocenters. The number of aliphatic hydroxyl groups excluding tert-OH is 1. The quantitative estimate of drug-likeness (QED) is 0.646. The van der Waals surface area contributed by atoms with Gasteiger partial charge in [-0.1, -0.05) is 18.2 Å². The lowest BCUT2D eigenvalue weighted by molar-refractivity contribution is -0.134. The molecule has 3 N–H and O–H groups in total. The van der Waals surface area contributed by atoms with Gasteiger partial charge in [0.2, 0.25) is 5.91 Å². The summed E-state index contributed by atoms with van der Waals surface area (Å²) in [6.07, 6.45) is 1.66. The molecular weight excluding hydrogens is 356 g/mol. The third-order valence-corrected chi connectivity index (χ3v) is 5.50. The third-order valence-electron chi connectivity index (χ3n) is 5.50. The number of likely N-dealkylation sites (tertiary alicyclic amines) is 1. The van der Waals surface area contributed by atoms with Gasteiger partial charge < -0.3 is 20.3 Å². The van der Waals surface area contributed by atoms with Crippen LogP contribution in [0.3, 0.4) is 0 Å². The molecule has 2 amide bonds. The lowest BCUT2D eigenvalue weighted by Crippen LogP contribution is -2.49. The summed E-state index contributed by atoms with van der Waals surface area (Å²) in [7, 11) is 0. The molecule has 1 aromatic carbocycles. The number of benzene rings is 1. The molecule has 0 aliphatic carbocycles. The maximum absolute atomic E-state index is 12.8. The Morgan fingerprint density at radius 1 is 1.36 bits per heavy atom. The molecule has 3 aromatic rings. The number of aromatic nitrogens is 2. The van der Waals surface area contributed by atoms with E-state index in [1.807, 2.05) is 31.2 Å². The minimum Gasteiger partial charge on any atom is -0.394 e. The summed E-state index contributed by atoms with van der Waals surface area (Å²) in [5.74, 6) is -0.550. The highest BCUT2D eigenvalue weighted by Crippen LogP contribution is 2.27. The number of aromatic amines is 1. The summed E-state index contributed by atoms with van der Waals surface area (Å²) >= 11 is 0. The van der Waals surface area contributed by atoms with E-state index in [1.54, 1.807) is 17.9 Å². The third kappa shape index (κ3) is 3.11. The van der Waals surface area contributed by atoms with Crippen LogP contribution in [0.4, 0.5) is 0 Å². The van der Waals surface area contributed by atoms with Crippen LogP contribution >= 0.6 is 0 Å². The zero-order chi connectivity index (χ0) is 19.8. The van der Waals surface area contributed by atoms with Crippen molar-refractivity contribution < 1.29 is 14.7 Å². The van der Waals surface area contributed by atoms with E-state index in [0.717, 1.165) is 40.3 Å². The highest BCUT2D eigenvalue weighted by molar-refractivity contribution is 6.10. The molecule has 1 fully saturated rings. The maximum Gasteiger partial charge on any atom is 0.270 e. The standard InChI is InChI=1S/C21H24N4O3/c1-12-19-16(15-7-3-4-8-17(15)24-19)10-18(22-12)20(27)23-13(2)21(28)25-9-5-6-14(25)11-26/h3-4,7-8,10,13-14,24,26H,5-6,9,11H2,1-2H3,(H,23,27). The molecule has 0 radical (unpaired) electrons. The minimum absolute atomic E-state index is 0.0512. The molecule has 3 heterocycles. The number of hydrogen-bond donors (Lipinski definition) is 3. The van der Waals surface area contributed by atoms with Gasteiger partial charge >= 0.3 is 0 Å². The maximum atomic E-state index is 12.8. The van der Waals surface area contributed by atoms with Crippen LogP contribution in [-0.2, 0) is 4.79 Å². The molecule has 7 heteroatoms. The van der Waals surface area contributed by atoms with Gasteiger partial charge in [-0.2, -0.15) is 0 Å². The Morgan fingerprint density at radius 2 is 2.14 bits per heavy atom. The Morgan fingerprint density at radius 3 is 2.93 bits per heavy atom. The monoisotopic (exact) mass is 380 g/mol. The Bertz CT molecular complexity index is 1060. The van der Waals surface area contributed by atoms with Gasteiger partial charge in [0.25, 0.3) is 5.91 Å². The van der Waals surface area contributed by atoms with Gasteiger partial charge in [-0.3, -0.25) is 9.59 Å². The SMILES string of the molecule is Cc1nc(C(=O)NC(C)C(=O)N2CCCC2CO)cc2c1[nH]c1ccccc12. The van der Waals surface area contributed by atoms with Crippen molar-refractivity contribution in [1.82, 2.24) is 20.2 Å². The van der Waals surface area contributed by atoms with Gasteiger partial charge in [0, 0.05) is 22.8 Å². The largest absolute Gasteiger partial charge is 0.394 e. The van der Waals surface area contributed by atoms with Crippen LogP contribution < -0.4 is 5.32 Å². The summed E-state index contributed by atoms with van der Waals surface area (Å²) in [4.78, 5) is 34.9. The van der Waals surface area contributed by atoms with Crippen LogP contribution in [0.2, 0.25) is 0 Å². The number of rotatable bonds is 4. The highest BCUT2D eigenvalue weighted by Gasteiger charge is 2.31. The van der Waals surface area contributed by atoms with E-state index >= 15 is 0 Å². The fraction of sp³-hybridized carbons (Fsp3) is 0.381. The van der Waals surface area contributed by atoms with Crippen molar-refractivity contribution in [2.24, 2.45) is 0 Å². The number of aliphatic hydroxyl groups is 1. The molecule has 1 aliphatic rings. The lowest BCUT2D eigenvalue weighted by Gasteiger charge is -2.26.